The first-order valence-electron chi connectivity index (χ1n) is 9.06. The molecule has 0 spiro atoms. The Labute approximate surface area is 146 Å². The standard InChI is InChI=1S/C19H24N4O2/c1-2-3-13-23-19(25)16-12-8-7-11-15(16)17(22-23)18(24)21-20-14-9-5-4-6-10-14/h7-8,11-12H,2-6,9-10,13H2,1H3,(H,21,24). The zero-order valence-electron chi connectivity index (χ0n) is 14.6. The highest BCUT2D eigenvalue weighted by Gasteiger charge is 2.16. The number of hydrogen-bond donors (Lipinski definition) is 1. The van der Waals surface area contributed by atoms with E-state index in [9.17, 15) is 9.59 Å². The molecule has 1 fully saturated rings. The molecule has 1 saturated carbocycles. The molecule has 0 unspecified atom stereocenters. The van der Waals surface area contributed by atoms with Crippen LogP contribution in [-0.2, 0) is 6.54 Å². The molecule has 0 bridgehead atoms. The molecule has 1 aliphatic rings. The second-order valence-corrected chi connectivity index (χ2v) is 6.46. The van der Waals surface area contributed by atoms with Crippen LogP contribution < -0.4 is 11.0 Å². The van der Waals surface area contributed by atoms with Crippen LogP contribution in [0.15, 0.2) is 34.2 Å². The monoisotopic (exact) mass is 340 g/mol. The van der Waals surface area contributed by atoms with Crippen LogP contribution in [0.4, 0.5) is 0 Å². The molecule has 6 nitrogen and oxygen atoms in total. The molecule has 1 amide bonds. The van der Waals surface area contributed by atoms with Crippen LogP contribution in [0.2, 0.25) is 0 Å². The minimum atomic E-state index is -0.362. The predicted molar refractivity (Wildman–Crippen MR) is 98.9 cm³/mol. The predicted octanol–water partition coefficient (Wildman–Crippen LogP) is 3.25. The van der Waals surface area contributed by atoms with Crippen molar-refractivity contribution in [2.24, 2.45) is 5.10 Å². The molecule has 2 aromatic rings. The lowest BCUT2D eigenvalue weighted by atomic mass is 9.99. The van der Waals surface area contributed by atoms with Gasteiger partial charge in [0.25, 0.3) is 11.5 Å². The number of fused-ring (bicyclic) bond motifs is 1. The van der Waals surface area contributed by atoms with E-state index in [1.807, 2.05) is 6.07 Å². The fraction of sp³-hybridized carbons (Fsp3) is 0.474. The van der Waals surface area contributed by atoms with Gasteiger partial charge < -0.3 is 0 Å². The number of amides is 1. The highest BCUT2D eigenvalue weighted by Crippen LogP contribution is 2.15. The van der Waals surface area contributed by atoms with Crippen molar-refractivity contribution < 1.29 is 4.79 Å². The van der Waals surface area contributed by atoms with Gasteiger partial charge in [0.2, 0.25) is 0 Å². The number of unbranched alkanes of at least 4 members (excludes halogenated alkanes) is 1. The largest absolute Gasteiger partial charge is 0.292 e. The first kappa shape index (κ1) is 17.3. The summed E-state index contributed by atoms with van der Waals surface area (Å²) < 4.78 is 1.40. The van der Waals surface area contributed by atoms with Gasteiger partial charge in [-0.2, -0.15) is 10.2 Å². The van der Waals surface area contributed by atoms with Gasteiger partial charge in [0.1, 0.15) is 0 Å². The number of aromatic nitrogens is 2. The molecular formula is C19H24N4O2. The lowest BCUT2D eigenvalue weighted by Gasteiger charge is -2.13. The van der Waals surface area contributed by atoms with Gasteiger partial charge in [-0.1, -0.05) is 38.0 Å². The summed E-state index contributed by atoms with van der Waals surface area (Å²) in [6.07, 6.45) is 7.14. The molecule has 3 rings (SSSR count). The van der Waals surface area contributed by atoms with Crippen LogP contribution in [-0.4, -0.2) is 21.4 Å². The number of aryl methyl sites for hydroxylation is 1. The highest BCUT2D eigenvalue weighted by atomic mass is 16.2. The van der Waals surface area contributed by atoms with Gasteiger partial charge in [-0.25, -0.2) is 10.1 Å². The number of carbonyl (C=O) groups is 1. The number of nitrogens with one attached hydrogen (secondary N) is 1. The van der Waals surface area contributed by atoms with E-state index in [0.717, 1.165) is 44.2 Å². The van der Waals surface area contributed by atoms with Crippen molar-refractivity contribution in [2.75, 3.05) is 0 Å². The van der Waals surface area contributed by atoms with Gasteiger partial charge in [-0.15, -0.1) is 0 Å². The zero-order chi connectivity index (χ0) is 17.6. The number of hydrogen-bond acceptors (Lipinski definition) is 4. The van der Waals surface area contributed by atoms with E-state index < -0.39 is 0 Å². The third kappa shape index (κ3) is 3.95. The van der Waals surface area contributed by atoms with Gasteiger partial charge >= 0.3 is 0 Å². The van der Waals surface area contributed by atoms with Gasteiger partial charge in [0, 0.05) is 17.6 Å². The van der Waals surface area contributed by atoms with E-state index in [1.54, 1.807) is 18.2 Å². The average Bonchev–Trinajstić information content (AvgIpc) is 2.66. The van der Waals surface area contributed by atoms with Crippen LogP contribution in [0, 0.1) is 0 Å². The molecule has 132 valence electrons. The number of nitrogens with zero attached hydrogens (tertiary/aromatic N) is 3. The lowest BCUT2D eigenvalue weighted by Crippen LogP contribution is -2.29. The van der Waals surface area contributed by atoms with Crippen molar-refractivity contribution in [1.82, 2.24) is 15.2 Å². The molecule has 0 aliphatic heterocycles. The number of hydrazone groups is 1. The molecular weight excluding hydrogens is 316 g/mol. The van der Waals surface area contributed by atoms with Crippen molar-refractivity contribution in [3.63, 3.8) is 0 Å². The summed E-state index contributed by atoms with van der Waals surface area (Å²) >= 11 is 0. The van der Waals surface area contributed by atoms with Crippen LogP contribution in [0.1, 0.15) is 62.4 Å². The summed E-state index contributed by atoms with van der Waals surface area (Å²) in [5, 5.41) is 9.68. The summed E-state index contributed by atoms with van der Waals surface area (Å²) in [5.41, 5.74) is 3.77. The highest BCUT2D eigenvalue weighted by molar-refractivity contribution is 6.05. The third-order valence-electron chi connectivity index (χ3n) is 4.55. The Morgan fingerprint density at radius 1 is 1.20 bits per heavy atom. The van der Waals surface area contributed by atoms with E-state index in [1.165, 1.54) is 11.1 Å². The molecule has 1 aromatic carbocycles. The Kier molecular flexibility index (Phi) is 5.58. The van der Waals surface area contributed by atoms with E-state index in [2.05, 4.69) is 22.5 Å². The number of carbonyl (C=O) groups excluding carboxylic acids is 1. The van der Waals surface area contributed by atoms with Crippen molar-refractivity contribution in [3.05, 3.63) is 40.3 Å². The van der Waals surface area contributed by atoms with Gasteiger partial charge in [0.05, 0.1) is 5.39 Å². The fourth-order valence-corrected chi connectivity index (χ4v) is 3.12. The minimum absolute atomic E-state index is 0.154. The lowest BCUT2D eigenvalue weighted by molar-refractivity contribution is 0.0949. The summed E-state index contributed by atoms with van der Waals surface area (Å²) in [5.74, 6) is -0.362. The second-order valence-electron chi connectivity index (χ2n) is 6.46. The Morgan fingerprint density at radius 2 is 1.92 bits per heavy atom. The van der Waals surface area contributed by atoms with E-state index in [-0.39, 0.29) is 17.2 Å². The molecule has 0 radical (unpaired) electrons. The van der Waals surface area contributed by atoms with Crippen molar-refractivity contribution >= 4 is 22.4 Å². The molecule has 1 heterocycles. The first-order valence-corrected chi connectivity index (χ1v) is 9.06. The van der Waals surface area contributed by atoms with E-state index >= 15 is 0 Å². The topological polar surface area (TPSA) is 76.3 Å². The maximum Gasteiger partial charge on any atom is 0.292 e. The first-order chi connectivity index (χ1) is 12.2. The van der Waals surface area contributed by atoms with Gasteiger partial charge in [-0.05, 0) is 38.2 Å². The maximum absolute atomic E-state index is 12.6. The second kappa shape index (κ2) is 8.05. The van der Waals surface area contributed by atoms with Gasteiger partial charge in [-0.3, -0.25) is 9.59 Å². The van der Waals surface area contributed by atoms with Crippen LogP contribution in [0.25, 0.3) is 10.8 Å². The van der Waals surface area contributed by atoms with Crippen molar-refractivity contribution in [3.8, 4) is 0 Å². The van der Waals surface area contributed by atoms with Crippen LogP contribution in [0.5, 0.6) is 0 Å². The van der Waals surface area contributed by atoms with Gasteiger partial charge in [0.15, 0.2) is 5.69 Å². The molecule has 0 saturated heterocycles. The van der Waals surface area contributed by atoms with E-state index in [4.69, 9.17) is 0 Å². The normalized spacial score (nSPS) is 14.5. The number of rotatable bonds is 5. The molecule has 6 heteroatoms. The summed E-state index contributed by atoms with van der Waals surface area (Å²) in [4.78, 5) is 25.2. The Hall–Kier alpha value is -2.50. The smallest absolute Gasteiger partial charge is 0.267 e. The van der Waals surface area contributed by atoms with Crippen molar-refractivity contribution in [2.45, 2.75) is 58.4 Å². The molecule has 1 N–H and O–H groups in total. The van der Waals surface area contributed by atoms with E-state index in [0.29, 0.717) is 17.3 Å². The molecule has 1 aromatic heterocycles. The summed E-state index contributed by atoms with van der Waals surface area (Å²) in [7, 11) is 0. The summed E-state index contributed by atoms with van der Waals surface area (Å²) in [6.45, 7) is 2.56. The van der Waals surface area contributed by atoms with Crippen molar-refractivity contribution in [1.29, 1.82) is 0 Å². The average molecular weight is 340 g/mol. The Morgan fingerprint density at radius 3 is 2.64 bits per heavy atom. The SMILES string of the molecule is CCCCn1nc(C(=O)NN=C2CCCCC2)c2ccccc2c1=O. The zero-order valence-corrected chi connectivity index (χ0v) is 14.6. The fourth-order valence-electron chi connectivity index (χ4n) is 3.12. The maximum atomic E-state index is 12.6. The quantitative estimate of drug-likeness (QED) is 0.849. The number of benzene rings is 1. The summed E-state index contributed by atoms with van der Waals surface area (Å²) in [6, 6.07) is 7.11. The third-order valence-corrected chi connectivity index (χ3v) is 4.55. The van der Waals surface area contributed by atoms with Crippen LogP contribution >= 0.6 is 0 Å². The Bertz CT molecular complexity index is 846. The Balaban J connectivity index is 1.94. The minimum Gasteiger partial charge on any atom is -0.267 e. The molecule has 0 atom stereocenters. The molecule has 1 aliphatic carbocycles. The molecule has 25 heavy (non-hydrogen) atoms. The van der Waals surface area contributed by atoms with Crippen LogP contribution in [0.3, 0.4) is 0 Å².